The summed E-state index contributed by atoms with van der Waals surface area (Å²) in [6.07, 6.45) is 3.74. The van der Waals surface area contributed by atoms with Gasteiger partial charge in [-0.1, -0.05) is 5.16 Å². The van der Waals surface area contributed by atoms with E-state index in [1.54, 1.807) is 10.8 Å². The molecule has 1 unspecified atom stereocenters. The van der Waals surface area contributed by atoms with E-state index in [4.69, 9.17) is 4.84 Å². The van der Waals surface area contributed by atoms with Gasteiger partial charge >= 0.3 is 0 Å². The van der Waals surface area contributed by atoms with E-state index in [2.05, 4.69) is 10.1 Å². The van der Waals surface area contributed by atoms with Gasteiger partial charge in [-0.3, -0.25) is 0 Å². The molecule has 0 spiro atoms. The summed E-state index contributed by atoms with van der Waals surface area (Å²) in [5.41, 5.74) is 0.0717. The van der Waals surface area contributed by atoms with Gasteiger partial charge in [0.1, 0.15) is 23.3 Å². The Bertz CT molecular complexity index is 958. The third kappa shape index (κ3) is 4.52. The number of halogens is 4. The van der Waals surface area contributed by atoms with E-state index in [-0.39, 0.29) is 23.4 Å². The summed E-state index contributed by atoms with van der Waals surface area (Å²) < 4.78 is 56.2. The fraction of sp³-hybridized carbons (Fsp3) is 0.158. The first-order chi connectivity index (χ1) is 12.9. The van der Waals surface area contributed by atoms with E-state index < -0.39 is 29.4 Å². The van der Waals surface area contributed by atoms with Crippen molar-refractivity contribution in [2.24, 2.45) is 5.16 Å². The molecule has 1 aromatic heterocycles. The zero-order valence-corrected chi connectivity index (χ0v) is 14.2. The molecule has 0 aliphatic rings. The monoisotopic (exact) mass is 377 g/mol. The summed E-state index contributed by atoms with van der Waals surface area (Å²) in [7, 11) is 0. The fourth-order valence-electron chi connectivity index (χ4n) is 2.50. The summed E-state index contributed by atoms with van der Waals surface area (Å²) in [5.74, 6) is -2.81. The first-order valence-electron chi connectivity index (χ1n) is 8.00. The van der Waals surface area contributed by atoms with Gasteiger partial charge in [0, 0.05) is 29.6 Å². The lowest BCUT2D eigenvalue weighted by atomic mass is 10.1. The number of oxime groups is 1. The highest BCUT2D eigenvalue weighted by molar-refractivity contribution is 5.98. The Morgan fingerprint density at radius 1 is 1.07 bits per heavy atom. The van der Waals surface area contributed by atoms with Gasteiger partial charge in [0.25, 0.3) is 0 Å². The molecule has 1 atom stereocenters. The number of hydrogen-bond donors (Lipinski definition) is 0. The van der Waals surface area contributed by atoms with Crippen molar-refractivity contribution in [1.82, 2.24) is 9.55 Å². The van der Waals surface area contributed by atoms with Crippen LogP contribution in [0.5, 0.6) is 0 Å². The smallest absolute Gasteiger partial charge is 0.173 e. The van der Waals surface area contributed by atoms with Crippen molar-refractivity contribution >= 4 is 5.71 Å². The molecule has 140 valence electrons. The lowest BCUT2D eigenvalue weighted by Gasteiger charge is -2.17. The van der Waals surface area contributed by atoms with Crippen LogP contribution in [0.2, 0.25) is 0 Å². The average Bonchev–Trinajstić information content (AvgIpc) is 3.14. The molecule has 0 amide bonds. The Morgan fingerprint density at radius 3 is 2.52 bits per heavy atom. The second-order valence-electron chi connectivity index (χ2n) is 5.82. The van der Waals surface area contributed by atoms with Crippen LogP contribution in [0.15, 0.2) is 60.3 Å². The lowest BCUT2D eigenvalue weighted by Crippen LogP contribution is -2.13. The number of hydrogen-bond acceptors (Lipinski definition) is 3. The summed E-state index contributed by atoms with van der Waals surface area (Å²) >= 11 is 0. The molecule has 4 nitrogen and oxygen atoms in total. The fourth-order valence-corrected chi connectivity index (χ4v) is 2.50. The van der Waals surface area contributed by atoms with E-state index in [1.165, 1.54) is 25.5 Å². The Kier molecular flexibility index (Phi) is 5.54. The van der Waals surface area contributed by atoms with Crippen LogP contribution in [0.3, 0.4) is 0 Å². The molecule has 0 fully saturated rings. The summed E-state index contributed by atoms with van der Waals surface area (Å²) in [6, 6.07) is 6.05. The minimum absolute atomic E-state index is 0.0707. The molecule has 0 saturated carbocycles. The maximum absolute atomic E-state index is 14.2. The van der Waals surface area contributed by atoms with E-state index in [1.807, 2.05) is 0 Å². The topological polar surface area (TPSA) is 39.4 Å². The van der Waals surface area contributed by atoms with Crippen molar-refractivity contribution in [3.63, 3.8) is 0 Å². The highest BCUT2D eigenvalue weighted by atomic mass is 19.1. The van der Waals surface area contributed by atoms with Crippen LogP contribution in [0.25, 0.3) is 0 Å². The quantitative estimate of drug-likeness (QED) is 0.357. The molecule has 0 saturated heterocycles. The largest absolute Gasteiger partial charge is 0.385 e. The third-order valence-corrected chi connectivity index (χ3v) is 3.88. The Balaban J connectivity index is 1.90. The van der Waals surface area contributed by atoms with Crippen LogP contribution in [0, 0.1) is 23.3 Å². The molecule has 1 heterocycles. The Hall–Kier alpha value is -3.16. The number of imidazole rings is 1. The van der Waals surface area contributed by atoms with Gasteiger partial charge in [-0.15, -0.1) is 0 Å². The normalized spacial score (nSPS) is 12.9. The van der Waals surface area contributed by atoms with Crippen molar-refractivity contribution < 1.29 is 22.4 Å². The molecule has 0 bridgehead atoms. The predicted octanol–water partition coefficient (Wildman–Crippen LogP) is 4.62. The lowest BCUT2D eigenvalue weighted by molar-refractivity contribution is 0.0431. The SMILES string of the molecule is C/C(=N\OC(Cn1ccnc1)c1ccc(F)cc1F)c1cc(F)ccc1F. The molecular weight excluding hydrogens is 362 g/mol. The van der Waals surface area contributed by atoms with Crippen LogP contribution in [-0.2, 0) is 11.4 Å². The van der Waals surface area contributed by atoms with Gasteiger partial charge in [0.05, 0.1) is 18.6 Å². The molecule has 0 N–H and O–H groups in total. The molecule has 3 rings (SSSR count). The Morgan fingerprint density at radius 2 is 1.81 bits per heavy atom. The van der Waals surface area contributed by atoms with Crippen LogP contribution >= 0.6 is 0 Å². The van der Waals surface area contributed by atoms with Gasteiger partial charge in [-0.05, 0) is 37.3 Å². The maximum atomic E-state index is 14.2. The van der Waals surface area contributed by atoms with Crippen molar-refractivity contribution in [3.05, 3.63) is 89.5 Å². The number of nitrogens with zero attached hydrogens (tertiary/aromatic N) is 3. The van der Waals surface area contributed by atoms with Gasteiger partial charge in [0.2, 0.25) is 0 Å². The highest BCUT2D eigenvalue weighted by Gasteiger charge is 2.19. The molecule has 8 heteroatoms. The highest BCUT2D eigenvalue weighted by Crippen LogP contribution is 2.24. The number of aromatic nitrogens is 2. The van der Waals surface area contributed by atoms with E-state index >= 15 is 0 Å². The van der Waals surface area contributed by atoms with E-state index in [9.17, 15) is 17.6 Å². The second kappa shape index (κ2) is 8.03. The average molecular weight is 377 g/mol. The zero-order chi connectivity index (χ0) is 19.4. The van der Waals surface area contributed by atoms with Crippen molar-refractivity contribution in [2.75, 3.05) is 0 Å². The Labute approximate surface area is 152 Å². The summed E-state index contributed by atoms with van der Waals surface area (Å²) in [6.45, 7) is 1.57. The van der Waals surface area contributed by atoms with Gasteiger partial charge in [0.15, 0.2) is 6.10 Å². The van der Waals surface area contributed by atoms with E-state index in [0.717, 1.165) is 30.3 Å². The maximum Gasteiger partial charge on any atom is 0.173 e. The molecule has 0 aliphatic heterocycles. The predicted molar refractivity (Wildman–Crippen MR) is 91.0 cm³/mol. The zero-order valence-electron chi connectivity index (χ0n) is 14.2. The molecule has 3 aromatic rings. The number of rotatable bonds is 6. The first-order valence-corrected chi connectivity index (χ1v) is 8.00. The van der Waals surface area contributed by atoms with Crippen molar-refractivity contribution in [3.8, 4) is 0 Å². The second-order valence-corrected chi connectivity index (χ2v) is 5.82. The van der Waals surface area contributed by atoms with Crippen LogP contribution in [-0.4, -0.2) is 15.3 Å². The van der Waals surface area contributed by atoms with Crippen LogP contribution in [0.4, 0.5) is 17.6 Å². The third-order valence-electron chi connectivity index (χ3n) is 3.88. The minimum atomic E-state index is -0.939. The molecule has 27 heavy (non-hydrogen) atoms. The summed E-state index contributed by atoms with van der Waals surface area (Å²) in [4.78, 5) is 9.32. The molecule has 0 radical (unpaired) electrons. The molecular formula is C19H15F4N3O. The minimum Gasteiger partial charge on any atom is -0.385 e. The van der Waals surface area contributed by atoms with Gasteiger partial charge in [-0.2, -0.15) is 0 Å². The summed E-state index contributed by atoms with van der Waals surface area (Å²) in [5, 5.41) is 3.83. The van der Waals surface area contributed by atoms with Crippen molar-refractivity contribution in [1.29, 1.82) is 0 Å². The van der Waals surface area contributed by atoms with Gasteiger partial charge in [-0.25, -0.2) is 22.5 Å². The number of benzene rings is 2. The van der Waals surface area contributed by atoms with E-state index in [0.29, 0.717) is 0 Å². The van der Waals surface area contributed by atoms with Crippen molar-refractivity contribution in [2.45, 2.75) is 19.6 Å². The molecule has 0 aliphatic carbocycles. The first kappa shape index (κ1) is 18.6. The standard InChI is InChI=1S/C19H15F4N3O/c1-12(16-8-13(20)3-5-17(16)22)25-27-19(10-26-7-6-24-11-26)15-4-2-14(21)9-18(15)23/h2-9,11,19H,10H2,1H3/b25-12+. The molecule has 2 aromatic carbocycles. The van der Waals surface area contributed by atoms with Crippen LogP contribution in [0.1, 0.15) is 24.2 Å². The van der Waals surface area contributed by atoms with Gasteiger partial charge < -0.3 is 9.40 Å². The van der Waals surface area contributed by atoms with Crippen LogP contribution < -0.4 is 0 Å².